The maximum absolute atomic E-state index is 16.2. The summed E-state index contributed by atoms with van der Waals surface area (Å²) in [7, 11) is -3.53. The minimum Gasteiger partial charge on any atom is -0.317 e. The van der Waals surface area contributed by atoms with Crippen LogP contribution in [-0.4, -0.2) is 0 Å². The van der Waals surface area contributed by atoms with E-state index in [1.807, 2.05) is 0 Å². The van der Waals surface area contributed by atoms with Crippen LogP contribution >= 0.6 is 15.1 Å². The Kier molecular flexibility index (Phi) is 7.51. The molecule has 0 amide bonds. The van der Waals surface area contributed by atoms with Crippen LogP contribution in [-0.2, 0) is 4.57 Å². The lowest BCUT2D eigenvalue weighted by Gasteiger charge is -2.34. The van der Waals surface area contributed by atoms with Gasteiger partial charge in [-0.05, 0) is 53.2 Å². The zero-order valence-electron chi connectivity index (χ0n) is 23.3. The molecule has 2 saturated heterocycles. The van der Waals surface area contributed by atoms with Crippen LogP contribution in [0.1, 0.15) is 70.6 Å². The molecular formula is C38H36OP2. The lowest BCUT2D eigenvalue weighted by molar-refractivity contribution is 0.574. The van der Waals surface area contributed by atoms with Crippen molar-refractivity contribution in [2.45, 2.75) is 48.3 Å². The smallest absolute Gasteiger partial charge is 0.130 e. The second kappa shape index (κ2) is 11.6. The maximum atomic E-state index is 16.2. The Hall–Kier alpha value is -3.24. The van der Waals surface area contributed by atoms with Crippen molar-refractivity contribution in [2.75, 3.05) is 0 Å². The average Bonchev–Trinajstić information content (AvgIpc) is 3.65. The van der Waals surface area contributed by atoms with Gasteiger partial charge in [0.1, 0.15) is 7.14 Å². The van der Waals surface area contributed by atoms with Gasteiger partial charge in [-0.3, -0.25) is 0 Å². The van der Waals surface area contributed by atoms with Gasteiger partial charge in [-0.2, -0.15) is 0 Å². The second-order valence-corrected chi connectivity index (χ2v) is 17.2. The summed E-state index contributed by atoms with van der Waals surface area (Å²) in [5.41, 5.74) is 6.29. The second-order valence-electron chi connectivity index (χ2n) is 11.5. The minimum absolute atomic E-state index is 0.0398. The fraction of sp³-hybridized carbons (Fsp3) is 0.211. The van der Waals surface area contributed by atoms with Crippen molar-refractivity contribution in [3.63, 3.8) is 0 Å². The zero-order chi connectivity index (χ0) is 27.6. The molecule has 0 unspecified atom stereocenters. The molecule has 0 bridgehead atoms. The summed E-state index contributed by atoms with van der Waals surface area (Å²) >= 11 is 0. The van der Waals surface area contributed by atoms with Gasteiger partial charge in [0.25, 0.3) is 0 Å². The van der Waals surface area contributed by atoms with Gasteiger partial charge in [0.15, 0.2) is 0 Å². The van der Waals surface area contributed by atoms with E-state index in [2.05, 4.69) is 146 Å². The van der Waals surface area contributed by atoms with Crippen LogP contribution in [0.25, 0.3) is 0 Å². The molecule has 2 heterocycles. The standard InChI is InChI=1S/C38H36OP2/c39-41(36(31-19-9-3-10-20-31)27-28-37(41)32-21-11-4-12-22-32)38-24-14-13-23-35(38)40-33(29-15-5-1-6-16-29)25-26-34(40)30-17-7-2-8-18-30/h1-24,33-34,36-37H,25-28H2/t33-,34-,36-,37-/m0/s1. The molecule has 0 saturated carbocycles. The van der Waals surface area contributed by atoms with Gasteiger partial charge in [0.05, 0.1) is 0 Å². The molecule has 0 spiro atoms. The molecule has 2 fully saturated rings. The molecule has 0 radical (unpaired) electrons. The highest BCUT2D eigenvalue weighted by molar-refractivity contribution is 7.76. The van der Waals surface area contributed by atoms with Crippen molar-refractivity contribution in [3.8, 4) is 0 Å². The highest BCUT2D eigenvalue weighted by Crippen LogP contribution is 2.77. The van der Waals surface area contributed by atoms with E-state index >= 15 is 4.57 Å². The van der Waals surface area contributed by atoms with E-state index in [1.54, 1.807) is 0 Å². The van der Waals surface area contributed by atoms with Gasteiger partial charge in [0, 0.05) is 27.9 Å². The van der Waals surface area contributed by atoms with E-state index in [0.29, 0.717) is 11.3 Å². The lowest BCUT2D eigenvalue weighted by atomic mass is 10.0. The summed E-state index contributed by atoms with van der Waals surface area (Å²) < 4.78 is 16.2. The van der Waals surface area contributed by atoms with Crippen LogP contribution in [0, 0.1) is 0 Å². The zero-order valence-corrected chi connectivity index (χ0v) is 25.1. The number of hydrogen-bond acceptors (Lipinski definition) is 1. The number of benzene rings is 5. The first-order chi connectivity index (χ1) is 20.2. The Morgan fingerprint density at radius 2 is 0.805 bits per heavy atom. The van der Waals surface area contributed by atoms with Crippen LogP contribution in [0.15, 0.2) is 146 Å². The van der Waals surface area contributed by atoms with Gasteiger partial charge in [-0.15, -0.1) is 0 Å². The van der Waals surface area contributed by atoms with Crippen molar-refractivity contribution in [1.82, 2.24) is 0 Å². The molecule has 7 rings (SSSR count). The van der Waals surface area contributed by atoms with E-state index in [0.717, 1.165) is 31.0 Å². The van der Waals surface area contributed by atoms with Crippen LogP contribution in [0.5, 0.6) is 0 Å². The summed E-state index contributed by atoms with van der Waals surface area (Å²) in [6, 6.07) is 52.5. The van der Waals surface area contributed by atoms with Crippen LogP contribution in [0.2, 0.25) is 0 Å². The third kappa shape index (κ3) is 4.84. The normalized spacial score (nSPS) is 23.9. The molecule has 2 aliphatic heterocycles. The fourth-order valence-electron chi connectivity index (χ4n) is 7.51. The Bertz CT molecular complexity index is 1540. The first kappa shape index (κ1) is 26.6. The van der Waals surface area contributed by atoms with E-state index < -0.39 is 15.1 Å². The summed E-state index contributed by atoms with van der Waals surface area (Å²) in [6.07, 6.45) is 4.24. The maximum Gasteiger partial charge on any atom is 0.130 e. The van der Waals surface area contributed by atoms with Gasteiger partial charge >= 0.3 is 0 Å². The van der Waals surface area contributed by atoms with Gasteiger partial charge in [-0.25, -0.2) is 0 Å². The monoisotopic (exact) mass is 570 g/mol. The molecule has 4 atom stereocenters. The van der Waals surface area contributed by atoms with Crippen molar-refractivity contribution >= 4 is 25.7 Å². The predicted octanol–water partition coefficient (Wildman–Crippen LogP) is 10.3. The fourth-order valence-corrected chi connectivity index (χ4v) is 16.0. The summed E-state index contributed by atoms with van der Waals surface area (Å²) in [5, 5.41) is 2.52. The largest absolute Gasteiger partial charge is 0.317 e. The van der Waals surface area contributed by atoms with E-state index in [-0.39, 0.29) is 11.3 Å². The number of rotatable bonds is 6. The molecular weight excluding hydrogens is 534 g/mol. The molecule has 5 aromatic carbocycles. The van der Waals surface area contributed by atoms with Crippen molar-refractivity contribution in [1.29, 1.82) is 0 Å². The molecule has 0 aromatic heterocycles. The molecule has 5 aromatic rings. The summed E-state index contributed by atoms with van der Waals surface area (Å²) in [4.78, 5) is 0. The third-order valence-electron chi connectivity index (χ3n) is 9.30. The van der Waals surface area contributed by atoms with Crippen LogP contribution < -0.4 is 10.6 Å². The molecule has 1 nitrogen and oxygen atoms in total. The highest BCUT2D eigenvalue weighted by Gasteiger charge is 2.51. The Morgan fingerprint density at radius 3 is 1.24 bits per heavy atom. The molecule has 3 heteroatoms. The Morgan fingerprint density at radius 1 is 0.439 bits per heavy atom. The van der Waals surface area contributed by atoms with Gasteiger partial charge < -0.3 is 4.57 Å². The first-order valence-electron chi connectivity index (χ1n) is 14.9. The van der Waals surface area contributed by atoms with Crippen LogP contribution in [0.4, 0.5) is 0 Å². The Balaban J connectivity index is 1.43. The summed E-state index contributed by atoms with van der Waals surface area (Å²) in [5.74, 6) is 0. The first-order valence-corrected chi connectivity index (χ1v) is 18.2. The number of hydrogen-bond donors (Lipinski definition) is 0. The van der Waals surface area contributed by atoms with Gasteiger partial charge in [0.2, 0.25) is 0 Å². The van der Waals surface area contributed by atoms with Crippen molar-refractivity contribution < 1.29 is 4.57 Å². The van der Waals surface area contributed by atoms with E-state index in [4.69, 9.17) is 0 Å². The SMILES string of the molecule is O=P1(c2ccccc2P2[C@H](c3ccccc3)CC[C@H]2c2ccccc2)[C@H](c2ccccc2)CC[C@H]1c1ccccc1. The minimum atomic E-state index is -2.90. The Labute approximate surface area is 245 Å². The third-order valence-corrected chi connectivity index (χ3v) is 17.0. The average molecular weight is 571 g/mol. The summed E-state index contributed by atoms with van der Waals surface area (Å²) in [6.45, 7) is 0. The van der Waals surface area contributed by atoms with Crippen molar-refractivity contribution in [3.05, 3.63) is 168 Å². The molecule has 2 aliphatic rings. The van der Waals surface area contributed by atoms with Crippen LogP contribution in [0.3, 0.4) is 0 Å². The van der Waals surface area contributed by atoms with E-state index in [1.165, 1.54) is 27.6 Å². The quantitative estimate of drug-likeness (QED) is 0.186. The van der Waals surface area contributed by atoms with Crippen molar-refractivity contribution in [2.24, 2.45) is 0 Å². The predicted molar refractivity (Wildman–Crippen MR) is 175 cm³/mol. The van der Waals surface area contributed by atoms with Gasteiger partial charge in [-0.1, -0.05) is 154 Å². The molecule has 0 aliphatic carbocycles. The lowest BCUT2D eigenvalue weighted by Crippen LogP contribution is -2.27. The van der Waals surface area contributed by atoms with E-state index in [9.17, 15) is 0 Å². The topological polar surface area (TPSA) is 17.1 Å². The highest BCUT2D eigenvalue weighted by atomic mass is 31.2. The molecule has 41 heavy (non-hydrogen) atoms. The molecule has 204 valence electrons. The molecule has 0 N–H and O–H groups in total.